The topological polar surface area (TPSA) is 123 Å². The maximum absolute atomic E-state index is 12.2. The molecule has 2 aromatic carbocycles. The molecule has 58 heavy (non-hydrogen) atoms. The first kappa shape index (κ1) is 42.2. The van der Waals surface area contributed by atoms with Gasteiger partial charge in [0.15, 0.2) is 13.2 Å². The molecule has 0 aliphatic carbocycles. The lowest BCUT2D eigenvalue weighted by atomic mass is 9.83. The molecule has 2 N–H and O–H groups in total. The number of aromatic hydroxyl groups is 2. The van der Waals surface area contributed by atoms with E-state index in [1.807, 2.05) is 64.1 Å². The molecule has 0 bridgehead atoms. The van der Waals surface area contributed by atoms with E-state index in [2.05, 4.69) is 61.9 Å². The minimum absolute atomic E-state index is 0.180. The van der Waals surface area contributed by atoms with Crippen molar-refractivity contribution in [3.05, 3.63) is 124 Å². The molecule has 0 radical (unpaired) electrons. The second-order valence-electron chi connectivity index (χ2n) is 17.2. The maximum Gasteiger partial charge on any atom is 0.477 e. The van der Waals surface area contributed by atoms with E-state index in [9.17, 15) is 15.1 Å². The van der Waals surface area contributed by atoms with Crippen LogP contribution in [0.2, 0.25) is 0 Å². The van der Waals surface area contributed by atoms with Gasteiger partial charge in [0, 0.05) is 24.8 Å². The van der Waals surface area contributed by atoms with E-state index in [0.29, 0.717) is 34.5 Å². The van der Waals surface area contributed by atoms with Crippen LogP contribution >= 0.6 is 0 Å². The van der Waals surface area contributed by atoms with Crippen molar-refractivity contribution < 1.29 is 34.4 Å². The number of phenols is 2. The Kier molecular flexibility index (Phi) is 13.1. The predicted octanol–water partition coefficient (Wildman–Crippen LogP) is 11.3. The number of unbranched alkanes of at least 4 members (excludes halogenated alkanes) is 2. The Morgan fingerprint density at radius 2 is 1.00 bits per heavy atom. The first-order chi connectivity index (χ1) is 27.6. The summed E-state index contributed by atoms with van der Waals surface area (Å²) in [5.74, 6) is 2.80. The van der Waals surface area contributed by atoms with Gasteiger partial charge in [0.05, 0.1) is 11.1 Å². The summed E-state index contributed by atoms with van der Waals surface area (Å²) >= 11 is 0. The van der Waals surface area contributed by atoms with Crippen LogP contribution in [-0.2, 0) is 9.68 Å². The Balaban J connectivity index is 0.898. The highest BCUT2D eigenvalue weighted by Crippen LogP contribution is 2.48. The maximum atomic E-state index is 12.2. The fourth-order valence-corrected chi connectivity index (χ4v) is 8.06. The average Bonchev–Trinajstić information content (AvgIpc) is 3.18. The number of fused-ring (bicyclic) bond motifs is 2. The molecule has 0 spiro atoms. The van der Waals surface area contributed by atoms with Crippen LogP contribution in [0.1, 0.15) is 139 Å². The van der Waals surface area contributed by atoms with Crippen molar-refractivity contribution in [1.29, 1.82) is 0 Å². The number of phenolic OH excluding ortho intramolecular Hbond substituents is 2. The standard InChI is InChI=1S/C48H59N3O7/c1-31(33(3)37-25-41(52)45-39(35-15-19-49-20-16-35)29-47(5,6)57-43(45)27-37)13-9-11-23-55-51(54)56-24-12-10-14-32(2)34(4)38-26-42(53)46-40(36-17-21-50-22-18-36)30-48(7,8)58-44(46)28-38/h15-22,25-34H,9-14,23-24H2,1-8H3,(H-,52,53)/p+1. The third-order valence-electron chi connectivity index (χ3n) is 11.7. The lowest BCUT2D eigenvalue weighted by Gasteiger charge is -2.33. The van der Waals surface area contributed by atoms with Crippen molar-refractivity contribution in [1.82, 2.24) is 9.97 Å². The molecule has 0 fully saturated rings. The Hall–Kier alpha value is -5.38. The molecule has 4 aromatic rings. The van der Waals surface area contributed by atoms with Crippen molar-refractivity contribution in [3.8, 4) is 23.0 Å². The molecule has 4 unspecified atom stereocenters. The van der Waals surface area contributed by atoms with Crippen molar-refractivity contribution >= 4 is 11.1 Å². The SMILES string of the molecule is CC(CCCCO[N+](=O)OCCCCC(C)C(C)c1cc(O)c2c(c1)OC(C)(C)C=C2c1ccncc1)C(C)c1cc(O)c2c(c1)OC(C)(C)C=C2c1ccncc1. The van der Waals surface area contributed by atoms with Gasteiger partial charge in [0.2, 0.25) is 0 Å². The summed E-state index contributed by atoms with van der Waals surface area (Å²) in [5, 5.41) is 22.7. The Bertz CT molecular complexity index is 1960. The average molecular weight is 791 g/mol. The zero-order valence-corrected chi connectivity index (χ0v) is 35.3. The molecule has 308 valence electrons. The number of hydrogen-bond donors (Lipinski definition) is 2. The molecule has 2 aliphatic heterocycles. The van der Waals surface area contributed by atoms with Gasteiger partial charge in [0.25, 0.3) is 0 Å². The van der Waals surface area contributed by atoms with Gasteiger partial charge in [-0.05, 0) is 171 Å². The van der Waals surface area contributed by atoms with Crippen LogP contribution in [0.3, 0.4) is 0 Å². The Morgan fingerprint density at radius 3 is 1.38 bits per heavy atom. The van der Waals surface area contributed by atoms with E-state index in [-0.39, 0.29) is 41.6 Å². The van der Waals surface area contributed by atoms with E-state index in [4.69, 9.17) is 19.1 Å². The van der Waals surface area contributed by atoms with Gasteiger partial charge < -0.3 is 19.7 Å². The van der Waals surface area contributed by atoms with Crippen molar-refractivity contribution in [2.24, 2.45) is 11.8 Å². The largest absolute Gasteiger partial charge is 0.507 e. The summed E-state index contributed by atoms with van der Waals surface area (Å²) in [5.41, 5.74) is 6.25. The minimum atomic E-state index is -0.530. The summed E-state index contributed by atoms with van der Waals surface area (Å²) < 4.78 is 12.7. The lowest BCUT2D eigenvalue weighted by molar-refractivity contribution is -0.981. The van der Waals surface area contributed by atoms with Crippen LogP contribution in [0.4, 0.5) is 0 Å². The van der Waals surface area contributed by atoms with Crippen molar-refractivity contribution in [2.45, 2.75) is 117 Å². The zero-order valence-electron chi connectivity index (χ0n) is 35.3. The molecular formula is C48H60N3O7+. The van der Waals surface area contributed by atoms with Crippen LogP contribution in [0.5, 0.6) is 23.0 Å². The Morgan fingerprint density at radius 1 is 0.621 bits per heavy atom. The smallest absolute Gasteiger partial charge is 0.477 e. The molecule has 0 amide bonds. The summed E-state index contributed by atoms with van der Waals surface area (Å²) in [4.78, 5) is 31.1. The first-order valence-electron chi connectivity index (χ1n) is 20.7. The molecule has 4 heterocycles. The van der Waals surface area contributed by atoms with Crippen molar-refractivity contribution in [3.63, 3.8) is 0 Å². The van der Waals surface area contributed by atoms with Crippen molar-refractivity contribution in [2.75, 3.05) is 13.2 Å². The highest BCUT2D eigenvalue weighted by Gasteiger charge is 2.32. The van der Waals surface area contributed by atoms with Gasteiger partial charge in [-0.15, -0.1) is 0 Å². The zero-order chi connectivity index (χ0) is 41.6. The monoisotopic (exact) mass is 790 g/mol. The van der Waals surface area contributed by atoms with E-state index in [0.717, 1.165) is 71.9 Å². The molecule has 0 saturated heterocycles. The quantitative estimate of drug-likeness (QED) is 0.0749. The molecule has 2 aliphatic rings. The van der Waals surface area contributed by atoms with Crippen LogP contribution in [0, 0.1) is 16.7 Å². The van der Waals surface area contributed by atoms with Gasteiger partial charge in [-0.3, -0.25) is 9.97 Å². The molecule has 10 nitrogen and oxygen atoms in total. The van der Waals surface area contributed by atoms with E-state index < -0.39 is 11.2 Å². The third kappa shape index (κ3) is 10.2. The highest BCUT2D eigenvalue weighted by molar-refractivity contribution is 5.88. The molecule has 2 aromatic heterocycles. The van der Waals surface area contributed by atoms with Crippen LogP contribution < -0.4 is 9.47 Å². The second kappa shape index (κ2) is 18.0. The van der Waals surface area contributed by atoms with Gasteiger partial charge in [-0.1, -0.05) is 40.5 Å². The number of aromatic nitrogens is 2. The van der Waals surface area contributed by atoms with Gasteiger partial charge in [-0.2, -0.15) is 9.68 Å². The molecule has 6 rings (SSSR count). The lowest BCUT2D eigenvalue weighted by Crippen LogP contribution is -2.29. The molecule has 4 atom stereocenters. The first-order valence-corrected chi connectivity index (χ1v) is 20.7. The second-order valence-corrected chi connectivity index (χ2v) is 17.2. The van der Waals surface area contributed by atoms with Crippen LogP contribution in [0.15, 0.2) is 85.5 Å². The van der Waals surface area contributed by atoms with Gasteiger partial charge in [0.1, 0.15) is 39.1 Å². The van der Waals surface area contributed by atoms with Gasteiger partial charge in [-0.25, -0.2) is 0 Å². The molecule has 0 saturated carbocycles. The molecular weight excluding hydrogens is 731 g/mol. The normalized spacial score (nSPS) is 17.2. The van der Waals surface area contributed by atoms with E-state index >= 15 is 0 Å². The summed E-state index contributed by atoms with van der Waals surface area (Å²) in [6, 6.07) is 15.6. The van der Waals surface area contributed by atoms with Gasteiger partial charge >= 0.3 is 5.09 Å². The number of hydrogen-bond acceptors (Lipinski definition) is 9. The van der Waals surface area contributed by atoms with E-state index in [1.165, 1.54) is 0 Å². The predicted molar refractivity (Wildman–Crippen MR) is 227 cm³/mol. The highest BCUT2D eigenvalue weighted by atomic mass is 17.0. The summed E-state index contributed by atoms with van der Waals surface area (Å²) in [6.07, 6.45) is 16.2. The van der Waals surface area contributed by atoms with E-state index in [1.54, 1.807) is 24.8 Å². The van der Waals surface area contributed by atoms with Crippen LogP contribution in [-0.4, -0.2) is 49.7 Å². The number of benzene rings is 2. The third-order valence-corrected chi connectivity index (χ3v) is 11.7. The number of rotatable bonds is 18. The fourth-order valence-electron chi connectivity index (χ4n) is 8.06. The Labute approximate surface area is 343 Å². The summed E-state index contributed by atoms with van der Waals surface area (Å²) in [6.45, 7) is 17.4. The number of nitrogens with zero attached hydrogens (tertiary/aromatic N) is 3. The minimum Gasteiger partial charge on any atom is -0.507 e. The summed E-state index contributed by atoms with van der Waals surface area (Å²) in [7, 11) is 0. The van der Waals surface area contributed by atoms with Crippen LogP contribution in [0.25, 0.3) is 11.1 Å². The number of ether oxygens (including phenoxy) is 2. The number of pyridine rings is 2. The fraction of sp³-hybridized carbons (Fsp3) is 0.458. The molecule has 10 heteroatoms.